The van der Waals surface area contributed by atoms with Gasteiger partial charge in [0.2, 0.25) is 0 Å². The fourth-order valence-corrected chi connectivity index (χ4v) is 3.88. The fraction of sp³-hybridized carbons (Fsp3) is 0.571. The first kappa shape index (κ1) is 20.3. The summed E-state index contributed by atoms with van der Waals surface area (Å²) in [4.78, 5) is 11.0. The number of aromatic nitrogens is 3. The maximum atomic E-state index is 4.36. The first-order chi connectivity index (χ1) is 13.8. The third-order valence-corrected chi connectivity index (χ3v) is 5.40. The number of hydrogen-bond donors (Lipinski definition) is 2. The molecule has 7 nitrogen and oxygen atoms in total. The van der Waals surface area contributed by atoms with Gasteiger partial charge in [0.05, 0.1) is 6.54 Å². The normalized spacial score (nSPS) is 18.2. The van der Waals surface area contributed by atoms with Crippen LogP contribution in [-0.4, -0.2) is 58.3 Å². The molecule has 0 amide bonds. The van der Waals surface area contributed by atoms with Crippen LogP contribution in [0.3, 0.4) is 0 Å². The third-order valence-electron chi connectivity index (χ3n) is 5.40. The number of aliphatic imine (C=N–C) groups is 1. The molecule has 2 heterocycles. The van der Waals surface area contributed by atoms with Crippen LogP contribution >= 0.6 is 0 Å². The Balaban J connectivity index is 1.43. The highest BCUT2D eigenvalue weighted by Crippen LogP contribution is 2.18. The van der Waals surface area contributed by atoms with Crippen molar-refractivity contribution < 1.29 is 0 Å². The summed E-state index contributed by atoms with van der Waals surface area (Å²) in [6.45, 7) is 7.00. The molecule has 28 heavy (non-hydrogen) atoms. The van der Waals surface area contributed by atoms with Gasteiger partial charge in [0.25, 0.3) is 0 Å². The van der Waals surface area contributed by atoms with E-state index in [1.54, 1.807) is 12.7 Å². The highest BCUT2D eigenvalue weighted by molar-refractivity contribution is 5.79. The fourth-order valence-electron chi connectivity index (χ4n) is 3.88. The molecule has 1 aliphatic rings. The lowest BCUT2D eigenvalue weighted by atomic mass is 10.0. The van der Waals surface area contributed by atoms with Gasteiger partial charge in [-0.3, -0.25) is 9.89 Å². The van der Waals surface area contributed by atoms with E-state index in [4.69, 9.17) is 0 Å². The van der Waals surface area contributed by atoms with Crippen LogP contribution < -0.4 is 10.6 Å². The maximum Gasteiger partial charge on any atom is 0.191 e. The SMILES string of the molecule is CCC1CCCCN1CCNC(=NC)NCc1cccc(Cn2cncn2)c1. The highest BCUT2D eigenvalue weighted by atomic mass is 15.3. The minimum absolute atomic E-state index is 0.731. The van der Waals surface area contributed by atoms with Crippen molar-refractivity contribution in [2.24, 2.45) is 4.99 Å². The van der Waals surface area contributed by atoms with Crippen LogP contribution in [0.25, 0.3) is 0 Å². The molecule has 1 aromatic heterocycles. The van der Waals surface area contributed by atoms with E-state index >= 15 is 0 Å². The van der Waals surface area contributed by atoms with Gasteiger partial charge in [-0.1, -0.05) is 37.6 Å². The molecule has 0 spiro atoms. The zero-order valence-corrected chi connectivity index (χ0v) is 17.1. The average molecular weight is 384 g/mol. The van der Waals surface area contributed by atoms with Gasteiger partial charge < -0.3 is 10.6 Å². The molecule has 2 N–H and O–H groups in total. The Morgan fingerprint density at radius 2 is 2.14 bits per heavy atom. The van der Waals surface area contributed by atoms with Gasteiger partial charge in [-0.2, -0.15) is 5.10 Å². The van der Waals surface area contributed by atoms with Crippen molar-refractivity contribution in [3.8, 4) is 0 Å². The lowest BCUT2D eigenvalue weighted by molar-refractivity contribution is 0.147. The Labute approximate surface area is 168 Å². The molecule has 1 saturated heterocycles. The third kappa shape index (κ3) is 6.05. The van der Waals surface area contributed by atoms with E-state index in [9.17, 15) is 0 Å². The molecule has 1 aromatic carbocycles. The lowest BCUT2D eigenvalue weighted by Gasteiger charge is -2.35. The van der Waals surface area contributed by atoms with Crippen LogP contribution in [0.1, 0.15) is 43.7 Å². The quantitative estimate of drug-likeness (QED) is 0.540. The molecule has 0 radical (unpaired) electrons. The van der Waals surface area contributed by atoms with Crippen molar-refractivity contribution in [2.45, 2.75) is 51.7 Å². The van der Waals surface area contributed by atoms with Crippen molar-refractivity contribution in [1.29, 1.82) is 0 Å². The molecule has 1 aliphatic heterocycles. The molecule has 1 unspecified atom stereocenters. The number of nitrogens with zero attached hydrogens (tertiary/aromatic N) is 5. The zero-order chi connectivity index (χ0) is 19.6. The molecule has 3 rings (SSSR count). The van der Waals surface area contributed by atoms with Crippen molar-refractivity contribution in [1.82, 2.24) is 30.3 Å². The number of guanidine groups is 1. The molecule has 7 heteroatoms. The monoisotopic (exact) mass is 383 g/mol. The van der Waals surface area contributed by atoms with Gasteiger partial charge >= 0.3 is 0 Å². The van der Waals surface area contributed by atoms with Gasteiger partial charge in [-0.15, -0.1) is 0 Å². The summed E-state index contributed by atoms with van der Waals surface area (Å²) in [7, 11) is 1.83. The van der Waals surface area contributed by atoms with E-state index in [1.807, 2.05) is 11.7 Å². The van der Waals surface area contributed by atoms with Crippen molar-refractivity contribution in [2.75, 3.05) is 26.7 Å². The van der Waals surface area contributed by atoms with E-state index in [0.717, 1.165) is 38.2 Å². The van der Waals surface area contributed by atoms with Crippen LogP contribution in [0, 0.1) is 0 Å². The smallest absolute Gasteiger partial charge is 0.191 e. The summed E-state index contributed by atoms with van der Waals surface area (Å²) in [5, 5.41) is 11.0. The van der Waals surface area contributed by atoms with E-state index < -0.39 is 0 Å². The van der Waals surface area contributed by atoms with Crippen LogP contribution in [-0.2, 0) is 13.1 Å². The van der Waals surface area contributed by atoms with Gasteiger partial charge in [-0.25, -0.2) is 9.67 Å². The summed E-state index contributed by atoms with van der Waals surface area (Å²) < 4.78 is 1.83. The molecule has 152 valence electrons. The predicted octanol–water partition coefficient (Wildman–Crippen LogP) is 2.26. The molecular formula is C21H33N7. The lowest BCUT2D eigenvalue weighted by Crippen LogP contribution is -2.45. The second-order valence-electron chi connectivity index (χ2n) is 7.36. The van der Waals surface area contributed by atoms with E-state index in [-0.39, 0.29) is 0 Å². The number of nitrogens with one attached hydrogen (secondary N) is 2. The van der Waals surface area contributed by atoms with E-state index in [2.05, 4.69) is 61.8 Å². The first-order valence-corrected chi connectivity index (χ1v) is 10.4. The topological polar surface area (TPSA) is 70.4 Å². The summed E-state index contributed by atoms with van der Waals surface area (Å²) in [5.74, 6) is 0.853. The largest absolute Gasteiger partial charge is 0.355 e. The molecule has 0 bridgehead atoms. The van der Waals surface area contributed by atoms with Crippen molar-refractivity contribution in [3.05, 3.63) is 48.0 Å². The molecule has 0 saturated carbocycles. The number of likely N-dealkylation sites (tertiary alicyclic amines) is 1. The first-order valence-electron chi connectivity index (χ1n) is 10.4. The van der Waals surface area contributed by atoms with Gasteiger partial charge in [0.1, 0.15) is 12.7 Å². The maximum absolute atomic E-state index is 4.36. The minimum Gasteiger partial charge on any atom is -0.355 e. The molecule has 2 aromatic rings. The van der Waals surface area contributed by atoms with Gasteiger partial charge in [-0.05, 0) is 36.9 Å². The summed E-state index contributed by atoms with van der Waals surface area (Å²) in [6.07, 6.45) is 8.60. The summed E-state index contributed by atoms with van der Waals surface area (Å²) >= 11 is 0. The van der Waals surface area contributed by atoms with E-state index in [1.165, 1.54) is 43.4 Å². The summed E-state index contributed by atoms with van der Waals surface area (Å²) in [5.41, 5.74) is 2.44. The minimum atomic E-state index is 0.731. The standard InChI is InChI=1S/C21H33N7/c1-3-20-9-4-5-11-27(20)12-10-24-21(22-2)25-14-18-7-6-8-19(13-18)15-28-17-23-16-26-28/h6-8,13,16-17,20H,3-5,9-12,14-15H2,1-2H3,(H2,22,24,25). The van der Waals surface area contributed by atoms with Crippen LogP contribution in [0.15, 0.2) is 41.9 Å². The second-order valence-corrected chi connectivity index (χ2v) is 7.36. The van der Waals surface area contributed by atoms with Crippen molar-refractivity contribution in [3.63, 3.8) is 0 Å². The predicted molar refractivity (Wildman–Crippen MR) is 113 cm³/mol. The number of rotatable bonds is 8. The Morgan fingerprint density at radius 1 is 1.25 bits per heavy atom. The average Bonchev–Trinajstić information content (AvgIpc) is 3.24. The Hall–Kier alpha value is -2.41. The second kappa shape index (κ2) is 10.8. The van der Waals surface area contributed by atoms with Crippen LogP contribution in [0.2, 0.25) is 0 Å². The zero-order valence-electron chi connectivity index (χ0n) is 17.1. The van der Waals surface area contributed by atoms with Gasteiger partial charge in [0.15, 0.2) is 5.96 Å². The number of hydrogen-bond acceptors (Lipinski definition) is 4. The van der Waals surface area contributed by atoms with Crippen LogP contribution in [0.5, 0.6) is 0 Å². The number of piperidine rings is 1. The van der Waals surface area contributed by atoms with Crippen LogP contribution in [0.4, 0.5) is 0 Å². The Bertz CT molecular complexity index is 726. The summed E-state index contributed by atoms with van der Waals surface area (Å²) in [6, 6.07) is 9.27. The Kier molecular flexibility index (Phi) is 7.84. The molecule has 1 fully saturated rings. The Morgan fingerprint density at radius 3 is 2.93 bits per heavy atom. The van der Waals surface area contributed by atoms with Gasteiger partial charge in [0, 0.05) is 32.7 Å². The molecule has 0 aliphatic carbocycles. The highest BCUT2D eigenvalue weighted by Gasteiger charge is 2.19. The molecule has 1 atom stereocenters. The van der Waals surface area contributed by atoms with Crippen molar-refractivity contribution >= 4 is 5.96 Å². The molecular weight excluding hydrogens is 350 g/mol. The number of benzene rings is 1. The van der Waals surface area contributed by atoms with E-state index in [0.29, 0.717) is 0 Å².